The minimum Gasteiger partial charge on any atom is -0.326 e. The van der Waals surface area contributed by atoms with Gasteiger partial charge < -0.3 is 10.6 Å². The number of carbonyl (C=O) groups is 1. The zero-order valence-electron chi connectivity index (χ0n) is 15.6. The van der Waals surface area contributed by atoms with Gasteiger partial charge in [0.15, 0.2) is 0 Å². The summed E-state index contributed by atoms with van der Waals surface area (Å²) in [5.41, 5.74) is 9.04. The summed E-state index contributed by atoms with van der Waals surface area (Å²) < 4.78 is 27.8. The van der Waals surface area contributed by atoms with Gasteiger partial charge in [0.25, 0.3) is 0 Å². The molecule has 1 fully saturated rings. The monoisotopic (exact) mass is 421 g/mol. The maximum atomic E-state index is 13.2. The quantitative estimate of drug-likeness (QED) is 0.822. The summed E-state index contributed by atoms with van der Waals surface area (Å²) in [5, 5.41) is 0. The van der Waals surface area contributed by atoms with Crippen molar-refractivity contribution in [3.63, 3.8) is 0 Å². The lowest BCUT2D eigenvalue weighted by Gasteiger charge is -2.18. The van der Waals surface area contributed by atoms with Crippen molar-refractivity contribution in [2.45, 2.75) is 30.2 Å². The first-order chi connectivity index (χ1) is 12.9. The van der Waals surface area contributed by atoms with E-state index in [2.05, 4.69) is 0 Å². The molecule has 4 rings (SSSR count). The Bertz CT molecular complexity index is 981. The average Bonchev–Trinajstić information content (AvgIpc) is 3.25. The van der Waals surface area contributed by atoms with E-state index in [9.17, 15) is 13.2 Å². The predicted molar refractivity (Wildman–Crippen MR) is 111 cm³/mol. The van der Waals surface area contributed by atoms with E-state index in [1.165, 1.54) is 11.2 Å². The van der Waals surface area contributed by atoms with Crippen LogP contribution < -0.4 is 10.6 Å². The number of benzene rings is 2. The number of hydrogen-bond donors (Lipinski definition) is 1. The molecule has 2 aliphatic heterocycles. The van der Waals surface area contributed by atoms with Crippen LogP contribution in [0.3, 0.4) is 0 Å². The van der Waals surface area contributed by atoms with Crippen molar-refractivity contribution in [3.05, 3.63) is 59.7 Å². The van der Waals surface area contributed by atoms with Crippen LogP contribution in [0.4, 0.5) is 5.69 Å². The number of amides is 1. The maximum absolute atomic E-state index is 13.2. The van der Waals surface area contributed by atoms with Crippen LogP contribution in [-0.2, 0) is 21.2 Å². The Kier molecular flexibility index (Phi) is 5.82. The summed E-state index contributed by atoms with van der Waals surface area (Å²) in [6, 6.07) is 14.6. The van der Waals surface area contributed by atoms with Crippen LogP contribution in [0, 0.1) is 0 Å². The van der Waals surface area contributed by atoms with Gasteiger partial charge in [-0.3, -0.25) is 4.79 Å². The van der Waals surface area contributed by atoms with Gasteiger partial charge in [0.05, 0.1) is 4.90 Å². The second kappa shape index (κ2) is 7.83. The Morgan fingerprint density at radius 1 is 1.11 bits per heavy atom. The predicted octanol–water partition coefficient (Wildman–Crippen LogP) is 2.13. The third-order valence-corrected chi connectivity index (χ3v) is 7.35. The molecule has 0 aromatic heterocycles. The van der Waals surface area contributed by atoms with Crippen LogP contribution >= 0.6 is 12.4 Å². The maximum Gasteiger partial charge on any atom is 0.243 e. The van der Waals surface area contributed by atoms with Crippen molar-refractivity contribution in [1.29, 1.82) is 0 Å². The van der Waals surface area contributed by atoms with E-state index in [1.54, 1.807) is 23.1 Å². The molecular formula is C20H24ClN3O3S. The summed E-state index contributed by atoms with van der Waals surface area (Å²) >= 11 is 0. The van der Waals surface area contributed by atoms with Gasteiger partial charge in [-0.2, -0.15) is 4.31 Å². The minimum atomic E-state index is -3.62. The van der Waals surface area contributed by atoms with Crippen molar-refractivity contribution >= 4 is 34.0 Å². The number of hydrogen-bond acceptors (Lipinski definition) is 4. The third kappa shape index (κ3) is 3.55. The largest absolute Gasteiger partial charge is 0.326 e. The van der Waals surface area contributed by atoms with E-state index in [1.807, 2.05) is 30.3 Å². The standard InChI is InChI=1S/C20H23N3O3S.ClH/c1-14(24)23-10-9-16-11-17(7-8-20(16)23)27(25,26)22-12-18(19(21)13-22)15-5-3-2-4-6-15;/h2-8,11,18-19H,9-10,12-13,21H2,1H3;1H/t18-,19+;/m0./s1. The molecule has 1 amide bonds. The van der Waals surface area contributed by atoms with Crippen LogP contribution in [0.5, 0.6) is 0 Å². The molecule has 2 heterocycles. The number of nitrogens with two attached hydrogens (primary N) is 1. The van der Waals surface area contributed by atoms with Crippen LogP contribution in [0.2, 0.25) is 0 Å². The van der Waals surface area contributed by atoms with E-state index >= 15 is 0 Å². The third-order valence-electron chi connectivity index (χ3n) is 5.52. The number of carbonyl (C=O) groups excluding carboxylic acids is 1. The Hall–Kier alpha value is -1.93. The number of sulfonamides is 1. The molecule has 0 saturated carbocycles. The highest BCUT2D eigenvalue weighted by Crippen LogP contribution is 2.34. The Balaban J connectivity index is 0.00000225. The van der Waals surface area contributed by atoms with Gasteiger partial charge in [0, 0.05) is 44.2 Å². The van der Waals surface area contributed by atoms with Gasteiger partial charge in [-0.05, 0) is 35.7 Å². The molecule has 2 atom stereocenters. The van der Waals surface area contributed by atoms with Crippen LogP contribution in [0.25, 0.3) is 0 Å². The molecule has 2 aromatic carbocycles. The molecule has 0 radical (unpaired) electrons. The Morgan fingerprint density at radius 3 is 2.50 bits per heavy atom. The van der Waals surface area contributed by atoms with Gasteiger partial charge in [0.2, 0.25) is 15.9 Å². The number of anilines is 1. The summed E-state index contributed by atoms with van der Waals surface area (Å²) in [6.45, 7) is 2.80. The van der Waals surface area contributed by atoms with E-state index in [0.29, 0.717) is 26.1 Å². The van der Waals surface area contributed by atoms with Gasteiger partial charge in [-0.25, -0.2) is 8.42 Å². The summed E-state index contributed by atoms with van der Waals surface area (Å²) in [5.74, 6) is -0.0378. The lowest BCUT2D eigenvalue weighted by atomic mass is 9.95. The van der Waals surface area contributed by atoms with Gasteiger partial charge >= 0.3 is 0 Å². The second-order valence-corrected chi connectivity index (χ2v) is 9.15. The zero-order chi connectivity index (χ0) is 19.2. The molecule has 1 saturated heterocycles. The highest BCUT2D eigenvalue weighted by atomic mass is 35.5. The average molecular weight is 422 g/mol. The molecule has 0 bridgehead atoms. The first kappa shape index (κ1) is 20.8. The molecular weight excluding hydrogens is 398 g/mol. The van der Waals surface area contributed by atoms with Crippen molar-refractivity contribution in [2.24, 2.45) is 5.73 Å². The van der Waals surface area contributed by atoms with E-state index < -0.39 is 10.0 Å². The highest BCUT2D eigenvalue weighted by Gasteiger charge is 2.38. The Morgan fingerprint density at radius 2 is 1.82 bits per heavy atom. The lowest BCUT2D eigenvalue weighted by Crippen LogP contribution is -2.32. The molecule has 0 spiro atoms. The zero-order valence-corrected chi connectivity index (χ0v) is 17.2. The molecule has 0 unspecified atom stereocenters. The van der Waals surface area contributed by atoms with Crippen LogP contribution in [0.15, 0.2) is 53.4 Å². The molecule has 8 heteroatoms. The van der Waals surface area contributed by atoms with Gasteiger partial charge in [-0.15, -0.1) is 12.4 Å². The first-order valence-electron chi connectivity index (χ1n) is 9.09. The first-order valence-corrected chi connectivity index (χ1v) is 10.5. The minimum absolute atomic E-state index is 0. The molecule has 2 N–H and O–H groups in total. The lowest BCUT2D eigenvalue weighted by molar-refractivity contribution is -0.116. The topological polar surface area (TPSA) is 83.7 Å². The van der Waals surface area contributed by atoms with Crippen molar-refractivity contribution in [3.8, 4) is 0 Å². The van der Waals surface area contributed by atoms with E-state index in [0.717, 1.165) is 16.8 Å². The van der Waals surface area contributed by atoms with Crippen molar-refractivity contribution in [2.75, 3.05) is 24.5 Å². The molecule has 28 heavy (non-hydrogen) atoms. The fraction of sp³-hybridized carbons (Fsp3) is 0.350. The van der Waals surface area contributed by atoms with Crippen LogP contribution in [-0.4, -0.2) is 44.3 Å². The smallest absolute Gasteiger partial charge is 0.243 e. The fourth-order valence-corrected chi connectivity index (χ4v) is 5.61. The van der Waals surface area contributed by atoms with Crippen LogP contribution in [0.1, 0.15) is 24.0 Å². The fourth-order valence-electron chi connectivity index (χ4n) is 4.06. The molecule has 150 valence electrons. The normalized spacial score (nSPS) is 22.0. The van der Waals surface area contributed by atoms with Crippen molar-refractivity contribution in [1.82, 2.24) is 4.31 Å². The number of nitrogens with zero attached hydrogens (tertiary/aromatic N) is 2. The molecule has 6 nitrogen and oxygen atoms in total. The number of fused-ring (bicyclic) bond motifs is 1. The number of halogens is 1. The van der Waals surface area contributed by atoms with Crippen molar-refractivity contribution < 1.29 is 13.2 Å². The summed E-state index contributed by atoms with van der Waals surface area (Å²) in [7, 11) is -3.62. The highest BCUT2D eigenvalue weighted by molar-refractivity contribution is 7.89. The molecule has 0 aliphatic carbocycles. The summed E-state index contributed by atoms with van der Waals surface area (Å²) in [6.07, 6.45) is 0.671. The van der Waals surface area contributed by atoms with Gasteiger partial charge in [-0.1, -0.05) is 30.3 Å². The number of rotatable bonds is 3. The van der Waals surface area contributed by atoms with E-state index in [-0.39, 0.29) is 35.2 Å². The SMILES string of the molecule is CC(=O)N1CCc2cc(S(=O)(=O)N3C[C@@H](N)[C@H](c4ccccc4)C3)ccc21.Cl. The molecule has 2 aliphatic rings. The van der Waals surface area contributed by atoms with Gasteiger partial charge in [0.1, 0.15) is 0 Å². The summed E-state index contributed by atoms with van der Waals surface area (Å²) in [4.78, 5) is 13.6. The molecule has 2 aromatic rings. The van der Waals surface area contributed by atoms with E-state index in [4.69, 9.17) is 5.73 Å². The Labute approximate surface area is 171 Å². The second-order valence-electron chi connectivity index (χ2n) is 7.21.